The van der Waals surface area contributed by atoms with Gasteiger partial charge in [0.2, 0.25) is 10.0 Å². The predicted molar refractivity (Wildman–Crippen MR) is 76.3 cm³/mol. The number of hydrogen-bond acceptors (Lipinski definition) is 3. The Morgan fingerprint density at radius 2 is 2.05 bits per heavy atom. The van der Waals surface area contributed by atoms with Crippen LogP contribution in [0.4, 0.5) is 4.39 Å². The van der Waals surface area contributed by atoms with Crippen LogP contribution in [0.15, 0.2) is 23.1 Å². The second-order valence-corrected chi connectivity index (χ2v) is 7.04. The minimum atomic E-state index is -3.84. The van der Waals surface area contributed by atoms with E-state index in [9.17, 15) is 12.8 Å². The van der Waals surface area contributed by atoms with Gasteiger partial charge in [-0.1, -0.05) is 25.0 Å². The van der Waals surface area contributed by atoms with E-state index >= 15 is 0 Å². The van der Waals surface area contributed by atoms with E-state index in [4.69, 9.17) is 5.73 Å². The van der Waals surface area contributed by atoms with Gasteiger partial charge in [0.15, 0.2) is 0 Å². The zero-order valence-corrected chi connectivity index (χ0v) is 12.4. The molecule has 1 aromatic rings. The van der Waals surface area contributed by atoms with Crippen molar-refractivity contribution >= 4 is 10.0 Å². The maximum atomic E-state index is 13.8. The lowest BCUT2D eigenvalue weighted by molar-refractivity contribution is 0.296. The number of rotatable bonds is 4. The van der Waals surface area contributed by atoms with Crippen LogP contribution in [0.3, 0.4) is 0 Å². The van der Waals surface area contributed by atoms with Crippen LogP contribution >= 0.6 is 0 Å². The van der Waals surface area contributed by atoms with Crippen LogP contribution in [0.1, 0.15) is 31.2 Å². The molecule has 0 spiro atoms. The Bertz CT molecular complexity index is 554. The highest BCUT2D eigenvalue weighted by Crippen LogP contribution is 2.26. The van der Waals surface area contributed by atoms with E-state index in [1.165, 1.54) is 12.1 Å². The number of nitrogens with one attached hydrogen (secondary N) is 1. The monoisotopic (exact) mass is 300 g/mol. The number of halogens is 1. The number of hydrogen-bond donors (Lipinski definition) is 2. The van der Waals surface area contributed by atoms with Crippen LogP contribution < -0.4 is 10.5 Å². The van der Waals surface area contributed by atoms with Gasteiger partial charge in [-0.25, -0.2) is 17.5 Å². The van der Waals surface area contributed by atoms with Gasteiger partial charge in [-0.3, -0.25) is 0 Å². The van der Waals surface area contributed by atoms with Gasteiger partial charge in [-0.2, -0.15) is 0 Å². The van der Waals surface area contributed by atoms with E-state index in [1.54, 1.807) is 13.0 Å². The number of benzene rings is 1. The van der Waals surface area contributed by atoms with E-state index < -0.39 is 15.8 Å². The minimum Gasteiger partial charge on any atom is -0.330 e. The minimum absolute atomic E-state index is 0.130. The average Bonchev–Trinajstić information content (AvgIpc) is 2.38. The van der Waals surface area contributed by atoms with Crippen molar-refractivity contribution in [2.75, 3.05) is 6.54 Å². The molecule has 4 nitrogen and oxygen atoms in total. The normalized spacial score (nSPS) is 23.8. The zero-order valence-electron chi connectivity index (χ0n) is 11.6. The quantitative estimate of drug-likeness (QED) is 0.892. The molecule has 0 saturated heterocycles. The highest BCUT2D eigenvalue weighted by atomic mass is 32.2. The molecule has 0 radical (unpaired) electrons. The van der Waals surface area contributed by atoms with Crippen LogP contribution in [0.5, 0.6) is 0 Å². The molecule has 6 heteroatoms. The Hall–Kier alpha value is -0.980. The van der Waals surface area contributed by atoms with Crippen molar-refractivity contribution in [3.63, 3.8) is 0 Å². The van der Waals surface area contributed by atoms with Gasteiger partial charge in [0.1, 0.15) is 10.7 Å². The largest absolute Gasteiger partial charge is 0.330 e. The first-order valence-electron chi connectivity index (χ1n) is 6.93. The second-order valence-electron chi connectivity index (χ2n) is 5.39. The first-order chi connectivity index (χ1) is 9.45. The second kappa shape index (κ2) is 6.20. The van der Waals surface area contributed by atoms with Gasteiger partial charge in [0, 0.05) is 6.04 Å². The molecular weight excluding hydrogens is 279 g/mol. The van der Waals surface area contributed by atoms with Gasteiger partial charge in [0.05, 0.1) is 0 Å². The van der Waals surface area contributed by atoms with Crippen molar-refractivity contribution in [1.82, 2.24) is 4.72 Å². The molecule has 2 atom stereocenters. The fourth-order valence-electron chi connectivity index (χ4n) is 2.86. The zero-order chi connectivity index (χ0) is 14.8. The van der Waals surface area contributed by atoms with Crippen molar-refractivity contribution in [2.45, 2.75) is 43.5 Å². The lowest BCUT2D eigenvalue weighted by atomic mass is 9.85. The summed E-state index contributed by atoms with van der Waals surface area (Å²) in [6.07, 6.45) is 3.72. The van der Waals surface area contributed by atoms with Gasteiger partial charge in [0.25, 0.3) is 0 Å². The molecule has 20 heavy (non-hydrogen) atoms. The van der Waals surface area contributed by atoms with Crippen LogP contribution in [0.2, 0.25) is 0 Å². The Balaban J connectivity index is 2.27. The van der Waals surface area contributed by atoms with Gasteiger partial charge in [-0.05, 0) is 43.9 Å². The Labute approximate surface area is 119 Å². The first kappa shape index (κ1) is 15.4. The highest BCUT2D eigenvalue weighted by molar-refractivity contribution is 7.89. The van der Waals surface area contributed by atoms with E-state index in [-0.39, 0.29) is 16.9 Å². The molecular formula is C14H21FN2O2S. The predicted octanol–water partition coefficient (Wildman–Crippen LogP) is 1.93. The fourth-order valence-corrected chi connectivity index (χ4v) is 4.50. The molecule has 0 bridgehead atoms. The molecule has 2 rings (SSSR count). The maximum absolute atomic E-state index is 13.8. The van der Waals surface area contributed by atoms with Crippen LogP contribution in [-0.2, 0) is 10.0 Å². The summed E-state index contributed by atoms with van der Waals surface area (Å²) in [5.41, 5.74) is 6.12. The van der Waals surface area contributed by atoms with E-state index in [0.29, 0.717) is 12.1 Å². The third kappa shape index (κ3) is 3.19. The molecule has 1 aliphatic carbocycles. The Morgan fingerprint density at radius 3 is 2.70 bits per heavy atom. The third-order valence-corrected chi connectivity index (χ3v) is 5.62. The first-order valence-corrected chi connectivity index (χ1v) is 8.41. The molecule has 112 valence electrons. The van der Waals surface area contributed by atoms with Crippen LogP contribution in [-0.4, -0.2) is 21.0 Å². The summed E-state index contributed by atoms with van der Waals surface area (Å²) in [4.78, 5) is -0.249. The number of sulfonamides is 1. The molecule has 1 aromatic carbocycles. The fraction of sp³-hybridized carbons (Fsp3) is 0.571. The summed E-state index contributed by atoms with van der Waals surface area (Å²) in [6.45, 7) is 2.04. The molecule has 1 fully saturated rings. The molecule has 2 unspecified atom stereocenters. The summed E-state index contributed by atoms with van der Waals surface area (Å²) in [6, 6.07) is 4.08. The average molecular weight is 300 g/mol. The summed E-state index contributed by atoms with van der Waals surface area (Å²) in [7, 11) is -3.84. The van der Waals surface area contributed by atoms with Crippen LogP contribution in [0.25, 0.3) is 0 Å². The molecule has 3 N–H and O–H groups in total. The van der Waals surface area contributed by atoms with E-state index in [0.717, 1.165) is 25.7 Å². The third-order valence-electron chi connectivity index (χ3n) is 3.95. The molecule has 0 aliphatic heterocycles. The van der Waals surface area contributed by atoms with Gasteiger partial charge in [-0.15, -0.1) is 0 Å². The van der Waals surface area contributed by atoms with Crippen molar-refractivity contribution < 1.29 is 12.8 Å². The summed E-state index contributed by atoms with van der Waals surface area (Å²) in [5, 5.41) is 0. The standard InChI is InChI=1S/C14H21FN2O2S/c1-10-5-4-7-12(15)14(10)20(18,19)17-13-8-3-2-6-11(13)9-16/h4-5,7,11,13,17H,2-3,6,8-9,16H2,1H3. The lowest BCUT2D eigenvalue weighted by Gasteiger charge is -2.31. The van der Waals surface area contributed by atoms with Gasteiger partial charge >= 0.3 is 0 Å². The summed E-state index contributed by atoms with van der Waals surface area (Å²) < 4.78 is 41.3. The van der Waals surface area contributed by atoms with Crippen molar-refractivity contribution in [1.29, 1.82) is 0 Å². The lowest BCUT2D eigenvalue weighted by Crippen LogP contribution is -2.44. The van der Waals surface area contributed by atoms with E-state index in [2.05, 4.69) is 4.72 Å². The van der Waals surface area contributed by atoms with Crippen molar-refractivity contribution in [2.24, 2.45) is 11.7 Å². The van der Waals surface area contributed by atoms with Crippen molar-refractivity contribution in [3.05, 3.63) is 29.6 Å². The molecule has 0 amide bonds. The summed E-state index contributed by atoms with van der Waals surface area (Å²) in [5.74, 6) is -0.580. The SMILES string of the molecule is Cc1cccc(F)c1S(=O)(=O)NC1CCCCC1CN. The molecule has 1 aliphatic rings. The summed E-state index contributed by atoms with van der Waals surface area (Å²) >= 11 is 0. The van der Waals surface area contributed by atoms with E-state index in [1.807, 2.05) is 0 Å². The highest BCUT2D eigenvalue weighted by Gasteiger charge is 2.30. The maximum Gasteiger partial charge on any atom is 0.244 e. The number of aryl methyl sites for hydroxylation is 1. The molecule has 0 heterocycles. The van der Waals surface area contributed by atoms with Gasteiger partial charge < -0.3 is 5.73 Å². The Morgan fingerprint density at radius 1 is 1.35 bits per heavy atom. The molecule has 0 aromatic heterocycles. The number of nitrogens with two attached hydrogens (primary N) is 1. The van der Waals surface area contributed by atoms with Crippen molar-refractivity contribution in [3.8, 4) is 0 Å². The topological polar surface area (TPSA) is 72.2 Å². The smallest absolute Gasteiger partial charge is 0.244 e. The molecule has 1 saturated carbocycles. The Kier molecular flexibility index (Phi) is 4.78. The van der Waals surface area contributed by atoms with Crippen LogP contribution in [0, 0.1) is 18.7 Å².